The standard InChI is InChI=1S/C10H9NO/c1-2-4-9-7(3-1)5-8-6-12-11-10(8)9/h1-4,11H,5-6H2. The van der Waals surface area contributed by atoms with Crippen LogP contribution in [0.2, 0.25) is 0 Å². The van der Waals surface area contributed by atoms with Crippen LogP contribution in [0.25, 0.3) is 5.70 Å². The number of hydrogen-bond acceptors (Lipinski definition) is 2. The van der Waals surface area contributed by atoms with Crippen LogP contribution < -0.4 is 5.48 Å². The first-order valence-electron chi connectivity index (χ1n) is 4.13. The summed E-state index contributed by atoms with van der Waals surface area (Å²) in [6.07, 6.45) is 1.05. The van der Waals surface area contributed by atoms with E-state index in [4.69, 9.17) is 4.84 Å². The molecule has 2 nitrogen and oxygen atoms in total. The van der Waals surface area contributed by atoms with Crippen LogP contribution in [-0.4, -0.2) is 6.61 Å². The summed E-state index contributed by atoms with van der Waals surface area (Å²) in [5.41, 5.74) is 8.26. The summed E-state index contributed by atoms with van der Waals surface area (Å²) in [6, 6.07) is 8.46. The predicted octanol–water partition coefficient (Wildman–Crippen LogP) is 1.49. The molecule has 0 saturated heterocycles. The lowest BCUT2D eigenvalue weighted by Gasteiger charge is -2.03. The zero-order valence-electron chi connectivity index (χ0n) is 6.63. The van der Waals surface area contributed by atoms with E-state index < -0.39 is 0 Å². The number of nitrogens with one attached hydrogen (secondary N) is 1. The molecule has 1 aromatic carbocycles. The van der Waals surface area contributed by atoms with Crippen LogP contribution in [0.15, 0.2) is 29.8 Å². The lowest BCUT2D eigenvalue weighted by molar-refractivity contribution is 0.116. The quantitative estimate of drug-likeness (QED) is 0.619. The van der Waals surface area contributed by atoms with E-state index in [-0.39, 0.29) is 0 Å². The highest BCUT2D eigenvalue weighted by atomic mass is 16.6. The van der Waals surface area contributed by atoms with Crippen molar-refractivity contribution in [2.45, 2.75) is 6.42 Å². The van der Waals surface area contributed by atoms with Crippen molar-refractivity contribution in [3.05, 3.63) is 41.0 Å². The maximum atomic E-state index is 5.14. The van der Waals surface area contributed by atoms with Gasteiger partial charge in [-0.25, -0.2) is 0 Å². The van der Waals surface area contributed by atoms with E-state index in [2.05, 4.69) is 29.7 Å². The third-order valence-corrected chi connectivity index (χ3v) is 2.46. The van der Waals surface area contributed by atoms with E-state index in [1.165, 1.54) is 22.4 Å². The molecule has 1 aliphatic carbocycles. The first kappa shape index (κ1) is 6.26. The molecule has 1 N–H and O–H groups in total. The van der Waals surface area contributed by atoms with Crippen LogP contribution in [0, 0.1) is 0 Å². The fraction of sp³-hybridized carbons (Fsp3) is 0.200. The normalized spacial score (nSPS) is 19.0. The number of hydrogen-bond donors (Lipinski definition) is 1. The Morgan fingerprint density at radius 3 is 3.17 bits per heavy atom. The number of benzene rings is 1. The van der Waals surface area contributed by atoms with Gasteiger partial charge in [0.15, 0.2) is 0 Å². The van der Waals surface area contributed by atoms with Gasteiger partial charge in [0.05, 0.1) is 12.3 Å². The second-order valence-corrected chi connectivity index (χ2v) is 3.20. The molecular weight excluding hydrogens is 150 g/mol. The van der Waals surface area contributed by atoms with Crippen molar-refractivity contribution in [3.8, 4) is 0 Å². The number of fused-ring (bicyclic) bond motifs is 2. The molecule has 0 atom stereocenters. The zero-order valence-corrected chi connectivity index (χ0v) is 6.63. The molecule has 0 aromatic heterocycles. The highest BCUT2D eigenvalue weighted by Crippen LogP contribution is 2.33. The molecule has 0 radical (unpaired) electrons. The van der Waals surface area contributed by atoms with Gasteiger partial charge in [-0.3, -0.25) is 10.3 Å². The SMILES string of the molecule is c1ccc2c(c1)CC1=C2NOC1. The highest BCUT2D eigenvalue weighted by molar-refractivity contribution is 5.75. The molecule has 1 heterocycles. The van der Waals surface area contributed by atoms with Gasteiger partial charge in [0.1, 0.15) is 0 Å². The Labute approximate surface area is 70.8 Å². The van der Waals surface area contributed by atoms with Gasteiger partial charge in [0.2, 0.25) is 0 Å². The summed E-state index contributed by atoms with van der Waals surface area (Å²) in [6.45, 7) is 0.740. The van der Waals surface area contributed by atoms with Crippen LogP contribution in [0.4, 0.5) is 0 Å². The summed E-state index contributed by atoms with van der Waals surface area (Å²) in [5, 5.41) is 0. The molecule has 12 heavy (non-hydrogen) atoms. The summed E-state index contributed by atoms with van der Waals surface area (Å²) in [5.74, 6) is 0. The second kappa shape index (κ2) is 2.11. The Kier molecular flexibility index (Phi) is 1.10. The maximum absolute atomic E-state index is 5.14. The van der Waals surface area contributed by atoms with Crippen LogP contribution in [0.5, 0.6) is 0 Å². The van der Waals surface area contributed by atoms with E-state index in [9.17, 15) is 0 Å². The van der Waals surface area contributed by atoms with Gasteiger partial charge in [0.25, 0.3) is 0 Å². The van der Waals surface area contributed by atoms with E-state index in [0.29, 0.717) is 0 Å². The molecule has 0 fully saturated rings. The maximum Gasteiger partial charge on any atom is 0.0983 e. The number of hydroxylamine groups is 1. The first-order valence-corrected chi connectivity index (χ1v) is 4.13. The summed E-state index contributed by atoms with van der Waals surface area (Å²) in [7, 11) is 0. The van der Waals surface area contributed by atoms with Crippen molar-refractivity contribution in [1.82, 2.24) is 5.48 Å². The average Bonchev–Trinajstić information content (AvgIpc) is 2.62. The highest BCUT2D eigenvalue weighted by Gasteiger charge is 2.25. The van der Waals surface area contributed by atoms with Crippen molar-refractivity contribution >= 4 is 5.70 Å². The summed E-state index contributed by atoms with van der Waals surface area (Å²) in [4.78, 5) is 5.14. The molecule has 0 amide bonds. The summed E-state index contributed by atoms with van der Waals surface area (Å²) >= 11 is 0. The zero-order chi connectivity index (χ0) is 7.97. The minimum Gasteiger partial charge on any atom is -0.272 e. The topological polar surface area (TPSA) is 21.3 Å². The Morgan fingerprint density at radius 1 is 1.25 bits per heavy atom. The molecule has 2 heteroatoms. The van der Waals surface area contributed by atoms with Gasteiger partial charge in [-0.2, -0.15) is 0 Å². The second-order valence-electron chi connectivity index (χ2n) is 3.20. The molecule has 0 spiro atoms. The van der Waals surface area contributed by atoms with Gasteiger partial charge in [-0.1, -0.05) is 24.3 Å². The van der Waals surface area contributed by atoms with E-state index in [1.54, 1.807) is 0 Å². The number of rotatable bonds is 0. The van der Waals surface area contributed by atoms with Crippen molar-refractivity contribution in [2.24, 2.45) is 0 Å². The van der Waals surface area contributed by atoms with Gasteiger partial charge < -0.3 is 0 Å². The monoisotopic (exact) mass is 159 g/mol. The average molecular weight is 159 g/mol. The first-order chi connectivity index (χ1) is 5.95. The molecule has 0 unspecified atom stereocenters. The van der Waals surface area contributed by atoms with Crippen molar-refractivity contribution in [2.75, 3.05) is 6.61 Å². The Bertz CT molecular complexity index is 368. The largest absolute Gasteiger partial charge is 0.272 e. The van der Waals surface area contributed by atoms with E-state index >= 15 is 0 Å². The molecule has 2 aliphatic rings. The van der Waals surface area contributed by atoms with Crippen LogP contribution in [0.3, 0.4) is 0 Å². The Hall–Kier alpha value is -1.28. The molecule has 1 aromatic rings. The van der Waals surface area contributed by atoms with Gasteiger partial charge in [0, 0.05) is 5.56 Å². The van der Waals surface area contributed by atoms with Crippen LogP contribution >= 0.6 is 0 Å². The van der Waals surface area contributed by atoms with Crippen LogP contribution in [-0.2, 0) is 11.3 Å². The third kappa shape index (κ3) is 0.676. The van der Waals surface area contributed by atoms with E-state index in [0.717, 1.165) is 13.0 Å². The summed E-state index contributed by atoms with van der Waals surface area (Å²) < 4.78 is 0. The lowest BCUT2D eigenvalue weighted by Crippen LogP contribution is -2.05. The minimum atomic E-state index is 0.740. The molecule has 3 rings (SSSR count). The minimum absolute atomic E-state index is 0.740. The fourth-order valence-electron chi connectivity index (χ4n) is 1.87. The molecule has 60 valence electrons. The van der Waals surface area contributed by atoms with Crippen LogP contribution in [0.1, 0.15) is 11.1 Å². The van der Waals surface area contributed by atoms with E-state index in [1.807, 2.05) is 0 Å². The van der Waals surface area contributed by atoms with Gasteiger partial charge in [-0.15, -0.1) is 0 Å². The van der Waals surface area contributed by atoms with Gasteiger partial charge >= 0.3 is 0 Å². The fourth-order valence-corrected chi connectivity index (χ4v) is 1.87. The van der Waals surface area contributed by atoms with Crippen molar-refractivity contribution in [3.63, 3.8) is 0 Å². The third-order valence-electron chi connectivity index (χ3n) is 2.46. The predicted molar refractivity (Wildman–Crippen MR) is 46.2 cm³/mol. The smallest absolute Gasteiger partial charge is 0.0983 e. The van der Waals surface area contributed by atoms with Gasteiger partial charge in [-0.05, 0) is 17.6 Å². The van der Waals surface area contributed by atoms with Crippen molar-refractivity contribution < 1.29 is 4.84 Å². The molecular formula is C10H9NO. The van der Waals surface area contributed by atoms with Crippen molar-refractivity contribution in [1.29, 1.82) is 0 Å². The Balaban J connectivity index is 2.18. The molecule has 0 bridgehead atoms. The molecule has 1 aliphatic heterocycles. The lowest BCUT2D eigenvalue weighted by atomic mass is 10.1. The Morgan fingerprint density at radius 2 is 2.17 bits per heavy atom. The molecule has 0 saturated carbocycles.